The summed E-state index contributed by atoms with van der Waals surface area (Å²) in [7, 11) is 0. The lowest BCUT2D eigenvalue weighted by molar-refractivity contribution is 0.767. The van der Waals surface area contributed by atoms with Gasteiger partial charge in [-0.3, -0.25) is 4.98 Å². The van der Waals surface area contributed by atoms with E-state index in [2.05, 4.69) is 32.8 Å². The van der Waals surface area contributed by atoms with Crippen molar-refractivity contribution in [2.24, 2.45) is 5.73 Å². The first-order valence-corrected chi connectivity index (χ1v) is 7.67. The Kier molecular flexibility index (Phi) is 3.53. The number of hydrogen-bond donors (Lipinski definition) is 1. The van der Waals surface area contributed by atoms with E-state index in [9.17, 15) is 0 Å². The third-order valence-corrected chi connectivity index (χ3v) is 4.22. The molecule has 1 saturated carbocycles. The maximum Gasteiger partial charge on any atom is 0.0569 e. The number of nitrogens with zero attached hydrogens (tertiary/aromatic N) is 2. The van der Waals surface area contributed by atoms with Crippen molar-refractivity contribution in [1.82, 2.24) is 4.98 Å². The zero-order valence-corrected chi connectivity index (χ0v) is 11.9. The highest BCUT2D eigenvalue weighted by Crippen LogP contribution is 2.33. The molecule has 0 bridgehead atoms. The minimum atomic E-state index is 0.000277. The van der Waals surface area contributed by atoms with Crippen molar-refractivity contribution in [3.8, 4) is 0 Å². The first-order chi connectivity index (χ1) is 9.24. The van der Waals surface area contributed by atoms with Gasteiger partial charge in [-0.15, -0.1) is 0 Å². The van der Waals surface area contributed by atoms with Crippen LogP contribution in [0.15, 0.2) is 35.2 Å². The number of anilines is 1. The highest BCUT2D eigenvalue weighted by Gasteiger charge is 2.29. The molecule has 0 spiro atoms. The Bertz CT molecular complexity index is 515. The lowest BCUT2D eigenvalue weighted by Crippen LogP contribution is -2.25. The molecule has 2 aromatic heterocycles. The summed E-state index contributed by atoms with van der Waals surface area (Å²) in [6.07, 6.45) is 4.54. The average molecular weight is 273 g/mol. The fraction of sp³-hybridized carbons (Fsp3) is 0.400. The van der Waals surface area contributed by atoms with Gasteiger partial charge < -0.3 is 10.6 Å². The van der Waals surface area contributed by atoms with Crippen molar-refractivity contribution >= 4 is 17.0 Å². The molecule has 0 saturated heterocycles. The van der Waals surface area contributed by atoms with Crippen molar-refractivity contribution < 1.29 is 0 Å². The monoisotopic (exact) mass is 273 g/mol. The molecule has 19 heavy (non-hydrogen) atoms. The predicted octanol–water partition coefficient (Wildman–Crippen LogP) is 3.33. The second-order valence-electron chi connectivity index (χ2n) is 5.22. The topological polar surface area (TPSA) is 42.1 Å². The Morgan fingerprint density at radius 2 is 2.26 bits per heavy atom. The number of aromatic nitrogens is 1. The van der Waals surface area contributed by atoms with E-state index >= 15 is 0 Å². The number of thiophene rings is 1. The van der Waals surface area contributed by atoms with Gasteiger partial charge >= 0.3 is 0 Å². The fourth-order valence-electron chi connectivity index (χ4n) is 2.23. The van der Waals surface area contributed by atoms with Gasteiger partial charge in [-0.25, -0.2) is 0 Å². The molecule has 2 N–H and O–H groups in total. The van der Waals surface area contributed by atoms with Gasteiger partial charge in [0.1, 0.15) is 0 Å². The summed E-state index contributed by atoms with van der Waals surface area (Å²) in [6, 6.07) is 7.08. The standard InChI is InChI=1S/C15H19N3S/c1-11(16)15-5-4-14(8-17-15)18(13-2-3-13)9-12-6-7-19-10-12/h4-8,10-11,13H,2-3,9,16H2,1H3. The van der Waals surface area contributed by atoms with Gasteiger partial charge in [0.15, 0.2) is 0 Å². The molecule has 0 aliphatic heterocycles. The number of pyridine rings is 1. The van der Waals surface area contributed by atoms with Crippen LogP contribution < -0.4 is 10.6 Å². The van der Waals surface area contributed by atoms with E-state index < -0.39 is 0 Å². The molecule has 0 amide bonds. The zero-order valence-electron chi connectivity index (χ0n) is 11.1. The first kappa shape index (κ1) is 12.6. The average Bonchev–Trinajstić information content (AvgIpc) is 3.13. The lowest BCUT2D eigenvalue weighted by atomic mass is 10.2. The summed E-state index contributed by atoms with van der Waals surface area (Å²) in [5.74, 6) is 0. The van der Waals surface area contributed by atoms with Gasteiger partial charge in [0, 0.05) is 18.6 Å². The van der Waals surface area contributed by atoms with Gasteiger partial charge in [0.25, 0.3) is 0 Å². The third kappa shape index (κ3) is 2.96. The molecule has 100 valence electrons. The normalized spacial score (nSPS) is 16.3. The van der Waals surface area contributed by atoms with Crippen LogP contribution in [0.25, 0.3) is 0 Å². The molecule has 0 radical (unpaired) electrons. The highest BCUT2D eigenvalue weighted by atomic mass is 32.1. The zero-order chi connectivity index (χ0) is 13.2. The molecule has 3 rings (SSSR count). The van der Waals surface area contributed by atoms with E-state index in [0.29, 0.717) is 6.04 Å². The molecule has 3 nitrogen and oxygen atoms in total. The van der Waals surface area contributed by atoms with E-state index in [1.54, 1.807) is 11.3 Å². The second kappa shape index (κ2) is 5.31. The number of hydrogen-bond acceptors (Lipinski definition) is 4. The van der Waals surface area contributed by atoms with Crippen molar-refractivity contribution in [2.45, 2.75) is 38.4 Å². The van der Waals surface area contributed by atoms with E-state index in [4.69, 9.17) is 5.73 Å². The SMILES string of the molecule is CC(N)c1ccc(N(Cc2ccsc2)C2CC2)cn1. The minimum Gasteiger partial charge on any atom is -0.363 e. The molecular formula is C15H19N3S. The van der Waals surface area contributed by atoms with Crippen molar-refractivity contribution in [3.63, 3.8) is 0 Å². The van der Waals surface area contributed by atoms with Crippen LogP contribution in [0.3, 0.4) is 0 Å². The van der Waals surface area contributed by atoms with Crippen LogP contribution in [0.4, 0.5) is 5.69 Å². The van der Waals surface area contributed by atoms with Crippen LogP contribution in [-0.4, -0.2) is 11.0 Å². The van der Waals surface area contributed by atoms with Crippen LogP contribution in [0.1, 0.15) is 37.1 Å². The fourth-order valence-corrected chi connectivity index (χ4v) is 2.89. The first-order valence-electron chi connectivity index (χ1n) is 6.73. The van der Waals surface area contributed by atoms with E-state index in [1.165, 1.54) is 24.1 Å². The Morgan fingerprint density at radius 3 is 2.79 bits per heavy atom. The Morgan fingerprint density at radius 1 is 1.42 bits per heavy atom. The van der Waals surface area contributed by atoms with E-state index in [0.717, 1.165) is 12.2 Å². The predicted molar refractivity (Wildman–Crippen MR) is 80.4 cm³/mol. The maximum atomic E-state index is 5.85. The molecule has 1 fully saturated rings. The lowest BCUT2D eigenvalue weighted by Gasteiger charge is -2.24. The summed E-state index contributed by atoms with van der Waals surface area (Å²) in [4.78, 5) is 6.93. The Balaban J connectivity index is 1.79. The summed E-state index contributed by atoms with van der Waals surface area (Å²) in [6.45, 7) is 2.94. The smallest absolute Gasteiger partial charge is 0.0569 e. The van der Waals surface area contributed by atoms with Crippen LogP contribution in [0.5, 0.6) is 0 Å². The van der Waals surface area contributed by atoms with E-state index in [-0.39, 0.29) is 6.04 Å². The molecule has 1 unspecified atom stereocenters. The number of nitrogens with two attached hydrogens (primary N) is 1. The molecule has 1 aliphatic carbocycles. The van der Waals surface area contributed by atoms with Gasteiger partial charge in [-0.2, -0.15) is 11.3 Å². The molecule has 1 atom stereocenters. The molecular weight excluding hydrogens is 254 g/mol. The molecule has 4 heteroatoms. The largest absolute Gasteiger partial charge is 0.363 e. The maximum absolute atomic E-state index is 5.85. The van der Waals surface area contributed by atoms with Crippen molar-refractivity contribution in [3.05, 3.63) is 46.4 Å². The molecule has 0 aromatic carbocycles. The summed E-state index contributed by atoms with van der Waals surface area (Å²) < 4.78 is 0. The summed E-state index contributed by atoms with van der Waals surface area (Å²) in [5, 5.41) is 4.36. The Labute approximate surface area is 118 Å². The molecule has 2 aromatic rings. The van der Waals surface area contributed by atoms with Crippen molar-refractivity contribution in [2.75, 3.05) is 4.90 Å². The molecule has 2 heterocycles. The second-order valence-corrected chi connectivity index (χ2v) is 6.00. The van der Waals surface area contributed by atoms with Crippen molar-refractivity contribution in [1.29, 1.82) is 0 Å². The number of rotatable bonds is 5. The van der Waals surface area contributed by atoms with Gasteiger partial charge in [0.05, 0.1) is 17.6 Å². The van der Waals surface area contributed by atoms with Gasteiger partial charge in [-0.1, -0.05) is 0 Å². The van der Waals surface area contributed by atoms with Crippen LogP contribution >= 0.6 is 11.3 Å². The van der Waals surface area contributed by atoms with Gasteiger partial charge in [-0.05, 0) is 54.3 Å². The molecule has 1 aliphatic rings. The van der Waals surface area contributed by atoms with Gasteiger partial charge in [0.2, 0.25) is 0 Å². The quantitative estimate of drug-likeness (QED) is 0.908. The van der Waals surface area contributed by atoms with E-state index in [1.807, 2.05) is 19.2 Å². The summed E-state index contributed by atoms with van der Waals surface area (Å²) in [5.41, 5.74) is 9.39. The van der Waals surface area contributed by atoms with Crippen LogP contribution in [0, 0.1) is 0 Å². The highest BCUT2D eigenvalue weighted by molar-refractivity contribution is 7.07. The third-order valence-electron chi connectivity index (χ3n) is 3.49. The Hall–Kier alpha value is -1.39. The van der Waals surface area contributed by atoms with Crippen LogP contribution in [-0.2, 0) is 6.54 Å². The van der Waals surface area contributed by atoms with Crippen LogP contribution in [0.2, 0.25) is 0 Å². The summed E-state index contributed by atoms with van der Waals surface area (Å²) >= 11 is 1.76. The minimum absolute atomic E-state index is 0.000277.